The predicted octanol–water partition coefficient (Wildman–Crippen LogP) is 3.14. The van der Waals surface area contributed by atoms with Gasteiger partial charge in [-0.1, -0.05) is 30.3 Å². The zero-order chi connectivity index (χ0) is 22.3. The number of nitrogens with zero attached hydrogens (tertiary/aromatic N) is 5. The minimum Gasteiger partial charge on any atom is -0.354 e. The largest absolute Gasteiger partial charge is 0.354 e. The predicted molar refractivity (Wildman–Crippen MR) is 125 cm³/mol. The second-order valence-corrected chi connectivity index (χ2v) is 8.66. The number of hydrogen-bond donors (Lipinski definition) is 1. The smallest absolute Gasteiger partial charge is 0.252 e. The average molecular weight is 453 g/mol. The first-order chi connectivity index (χ1) is 15.6. The lowest BCUT2D eigenvalue weighted by molar-refractivity contribution is 0.0948. The Kier molecular flexibility index (Phi) is 7.39. The number of aromatic nitrogens is 3. The van der Waals surface area contributed by atoms with Gasteiger partial charge in [0.25, 0.3) is 5.91 Å². The van der Waals surface area contributed by atoms with E-state index >= 15 is 0 Å². The molecule has 0 aliphatic carbocycles. The van der Waals surface area contributed by atoms with Crippen LogP contribution in [0.1, 0.15) is 34.6 Å². The summed E-state index contributed by atoms with van der Waals surface area (Å²) in [6, 6.07) is 11.6. The summed E-state index contributed by atoms with van der Waals surface area (Å²) in [6.07, 6.45) is 1.85. The molecule has 0 bridgehead atoms. The Hall–Kier alpha value is -2.91. The number of carbonyl (C=O) groups is 1. The van der Waals surface area contributed by atoms with E-state index in [9.17, 15) is 4.79 Å². The van der Waals surface area contributed by atoms with Gasteiger partial charge in [-0.15, -0.1) is 11.8 Å². The molecule has 32 heavy (non-hydrogen) atoms. The molecule has 0 atom stereocenters. The van der Waals surface area contributed by atoms with Gasteiger partial charge < -0.3 is 19.6 Å². The van der Waals surface area contributed by atoms with Crippen LogP contribution in [0.3, 0.4) is 0 Å². The van der Waals surface area contributed by atoms with Crippen LogP contribution in [-0.4, -0.2) is 58.7 Å². The molecule has 3 heterocycles. The first kappa shape index (κ1) is 22.3. The van der Waals surface area contributed by atoms with Gasteiger partial charge in [-0.25, -0.2) is 4.98 Å². The van der Waals surface area contributed by atoms with Crippen LogP contribution in [0.2, 0.25) is 0 Å². The maximum absolute atomic E-state index is 12.8. The Labute approximate surface area is 192 Å². The number of carbonyl (C=O) groups excluding carboxylic acids is 1. The van der Waals surface area contributed by atoms with Crippen molar-refractivity contribution in [3.8, 4) is 0 Å². The van der Waals surface area contributed by atoms with Crippen molar-refractivity contribution in [2.24, 2.45) is 0 Å². The molecule has 9 heteroatoms. The molecule has 1 aliphatic rings. The van der Waals surface area contributed by atoms with Gasteiger partial charge in [0.2, 0.25) is 5.89 Å². The highest BCUT2D eigenvalue weighted by Gasteiger charge is 2.17. The Morgan fingerprint density at radius 3 is 2.66 bits per heavy atom. The Bertz CT molecular complexity index is 1030. The number of aryl methyl sites for hydroxylation is 1. The van der Waals surface area contributed by atoms with E-state index in [0.29, 0.717) is 29.6 Å². The lowest BCUT2D eigenvalue weighted by atomic mass is 10.2. The van der Waals surface area contributed by atoms with Gasteiger partial charge in [0, 0.05) is 50.7 Å². The Balaban J connectivity index is 1.32. The van der Waals surface area contributed by atoms with E-state index in [4.69, 9.17) is 4.52 Å². The number of rotatable bonds is 8. The van der Waals surface area contributed by atoms with Crippen molar-refractivity contribution in [2.75, 3.05) is 37.6 Å². The number of amides is 1. The van der Waals surface area contributed by atoms with E-state index in [2.05, 4.69) is 37.2 Å². The van der Waals surface area contributed by atoms with Crippen LogP contribution in [0.15, 0.2) is 52.0 Å². The molecule has 2 aromatic heterocycles. The molecule has 1 aromatic carbocycles. The average Bonchev–Trinajstić information content (AvgIpc) is 3.27. The zero-order valence-corrected chi connectivity index (χ0v) is 19.3. The molecule has 1 saturated heterocycles. The van der Waals surface area contributed by atoms with Gasteiger partial charge in [-0.2, -0.15) is 4.98 Å². The van der Waals surface area contributed by atoms with Crippen LogP contribution in [-0.2, 0) is 12.3 Å². The van der Waals surface area contributed by atoms with E-state index in [1.165, 1.54) is 11.8 Å². The third-order valence-corrected chi connectivity index (χ3v) is 6.53. The molecule has 4 rings (SSSR count). The molecule has 1 fully saturated rings. The lowest BCUT2D eigenvalue weighted by Crippen LogP contribution is -2.46. The van der Waals surface area contributed by atoms with Crippen LogP contribution < -0.4 is 10.2 Å². The Morgan fingerprint density at radius 2 is 1.97 bits per heavy atom. The summed E-state index contributed by atoms with van der Waals surface area (Å²) >= 11 is 1.52. The van der Waals surface area contributed by atoms with Gasteiger partial charge in [-0.3, -0.25) is 4.79 Å². The van der Waals surface area contributed by atoms with Crippen molar-refractivity contribution in [3.05, 3.63) is 65.4 Å². The highest BCUT2D eigenvalue weighted by atomic mass is 32.2. The number of likely N-dealkylation sites (N-methyl/N-ethyl adjacent to an activating group) is 1. The van der Waals surface area contributed by atoms with Crippen molar-refractivity contribution in [3.63, 3.8) is 0 Å². The number of pyridine rings is 1. The second kappa shape index (κ2) is 10.6. The van der Waals surface area contributed by atoms with Crippen LogP contribution in [0, 0.1) is 6.92 Å². The second-order valence-electron chi connectivity index (χ2n) is 7.64. The quantitative estimate of drug-likeness (QED) is 0.522. The lowest BCUT2D eigenvalue weighted by Gasteiger charge is -2.34. The number of anilines is 1. The number of thioether (sulfide) groups is 1. The Morgan fingerprint density at radius 1 is 1.16 bits per heavy atom. The molecule has 0 unspecified atom stereocenters. The molecule has 0 spiro atoms. The maximum atomic E-state index is 12.8. The van der Waals surface area contributed by atoms with Gasteiger partial charge in [0.05, 0.1) is 11.3 Å². The molecular formula is C23H28N6O2S. The molecule has 1 amide bonds. The fraction of sp³-hybridized carbons (Fsp3) is 0.391. The van der Waals surface area contributed by atoms with Crippen molar-refractivity contribution in [2.45, 2.75) is 31.0 Å². The SMILES string of the molecule is CCN1CCN(c2ccc(CNC(=O)c3ccccc3SCc3noc(C)n3)cn2)CC1. The van der Waals surface area contributed by atoms with Crippen LogP contribution in [0.25, 0.3) is 0 Å². The third-order valence-electron chi connectivity index (χ3n) is 5.46. The first-order valence-corrected chi connectivity index (χ1v) is 11.8. The molecular weight excluding hydrogens is 424 g/mol. The van der Waals surface area contributed by atoms with E-state index in [1.807, 2.05) is 42.6 Å². The van der Waals surface area contributed by atoms with E-state index < -0.39 is 0 Å². The highest BCUT2D eigenvalue weighted by molar-refractivity contribution is 7.98. The molecule has 0 saturated carbocycles. The summed E-state index contributed by atoms with van der Waals surface area (Å²) in [5.41, 5.74) is 1.61. The topological polar surface area (TPSA) is 87.4 Å². The van der Waals surface area contributed by atoms with Crippen molar-refractivity contribution >= 4 is 23.5 Å². The van der Waals surface area contributed by atoms with E-state index in [0.717, 1.165) is 49.0 Å². The number of piperazine rings is 1. The summed E-state index contributed by atoms with van der Waals surface area (Å²) in [7, 11) is 0. The van der Waals surface area contributed by atoms with E-state index in [-0.39, 0.29) is 5.91 Å². The molecule has 8 nitrogen and oxygen atoms in total. The van der Waals surface area contributed by atoms with Gasteiger partial charge in [0.15, 0.2) is 5.82 Å². The molecule has 0 radical (unpaired) electrons. The fourth-order valence-electron chi connectivity index (χ4n) is 3.60. The molecule has 1 aliphatic heterocycles. The number of nitrogens with one attached hydrogen (secondary N) is 1. The van der Waals surface area contributed by atoms with Crippen molar-refractivity contribution in [1.82, 2.24) is 25.3 Å². The monoisotopic (exact) mass is 452 g/mol. The number of benzene rings is 1. The van der Waals surface area contributed by atoms with Gasteiger partial charge in [0.1, 0.15) is 5.82 Å². The summed E-state index contributed by atoms with van der Waals surface area (Å²) in [5.74, 6) is 2.57. The fourth-order valence-corrected chi connectivity index (χ4v) is 4.49. The molecule has 1 N–H and O–H groups in total. The minimum atomic E-state index is -0.114. The van der Waals surface area contributed by atoms with Crippen LogP contribution in [0.4, 0.5) is 5.82 Å². The number of hydrogen-bond acceptors (Lipinski definition) is 8. The maximum Gasteiger partial charge on any atom is 0.252 e. The van der Waals surface area contributed by atoms with Crippen molar-refractivity contribution in [1.29, 1.82) is 0 Å². The highest BCUT2D eigenvalue weighted by Crippen LogP contribution is 2.25. The standard InChI is InChI=1S/C23H28N6O2S/c1-3-28-10-12-29(13-11-28)22-9-8-18(14-24-22)15-25-23(30)19-6-4-5-7-20(19)32-16-21-26-17(2)31-27-21/h4-9,14H,3,10-13,15-16H2,1-2H3,(H,25,30). The molecule has 3 aromatic rings. The van der Waals surface area contributed by atoms with Gasteiger partial charge >= 0.3 is 0 Å². The first-order valence-electron chi connectivity index (χ1n) is 10.8. The molecule has 168 valence electrons. The summed E-state index contributed by atoms with van der Waals surface area (Å²) < 4.78 is 5.01. The summed E-state index contributed by atoms with van der Waals surface area (Å²) in [4.78, 5) is 27.3. The third kappa shape index (κ3) is 5.66. The normalized spacial score (nSPS) is 14.5. The van der Waals surface area contributed by atoms with Crippen molar-refractivity contribution < 1.29 is 9.32 Å². The summed E-state index contributed by atoms with van der Waals surface area (Å²) in [5, 5.41) is 6.92. The minimum absolute atomic E-state index is 0.114. The van der Waals surface area contributed by atoms with Crippen LogP contribution >= 0.6 is 11.8 Å². The van der Waals surface area contributed by atoms with Gasteiger partial charge in [-0.05, 0) is 30.3 Å². The van der Waals surface area contributed by atoms with E-state index in [1.54, 1.807) is 6.92 Å². The summed E-state index contributed by atoms with van der Waals surface area (Å²) in [6.45, 7) is 9.61. The zero-order valence-electron chi connectivity index (χ0n) is 18.5. The van der Waals surface area contributed by atoms with Crippen LogP contribution in [0.5, 0.6) is 0 Å².